The van der Waals surface area contributed by atoms with E-state index in [1.54, 1.807) is 36.4 Å². The van der Waals surface area contributed by atoms with Crippen LogP contribution in [0.15, 0.2) is 42.5 Å². The molecule has 1 aliphatic rings. The topological polar surface area (TPSA) is 82.0 Å². The molecule has 5 nitrogen and oxygen atoms in total. The molecule has 22 heavy (non-hydrogen) atoms. The fraction of sp³-hybridized carbons (Fsp3) is 0.118. The number of nitrogens with one attached hydrogen (secondary N) is 2. The van der Waals surface area contributed by atoms with Crippen molar-refractivity contribution in [3.8, 4) is 6.07 Å². The van der Waals surface area contributed by atoms with Gasteiger partial charge in [-0.2, -0.15) is 5.26 Å². The van der Waals surface area contributed by atoms with E-state index in [-0.39, 0.29) is 11.8 Å². The lowest BCUT2D eigenvalue weighted by atomic mass is 9.98. The fourth-order valence-electron chi connectivity index (χ4n) is 2.51. The molecule has 2 aromatic carbocycles. The number of amides is 2. The second-order valence-corrected chi connectivity index (χ2v) is 4.98. The van der Waals surface area contributed by atoms with E-state index in [2.05, 4.69) is 10.6 Å². The summed E-state index contributed by atoms with van der Waals surface area (Å²) in [4.78, 5) is 24.1. The fourth-order valence-corrected chi connectivity index (χ4v) is 2.51. The van der Waals surface area contributed by atoms with Crippen LogP contribution in [-0.2, 0) is 6.42 Å². The quantitative estimate of drug-likeness (QED) is 0.889. The molecule has 0 unspecified atom stereocenters. The van der Waals surface area contributed by atoms with Gasteiger partial charge >= 0.3 is 0 Å². The molecular weight excluding hydrogens is 278 g/mol. The summed E-state index contributed by atoms with van der Waals surface area (Å²) in [6.07, 6.45) is 0.676. The van der Waals surface area contributed by atoms with E-state index >= 15 is 0 Å². The Hall–Kier alpha value is -3.13. The molecule has 3 rings (SSSR count). The van der Waals surface area contributed by atoms with E-state index < -0.39 is 0 Å². The summed E-state index contributed by atoms with van der Waals surface area (Å²) in [5, 5.41) is 14.5. The SMILES string of the molecule is N#Cc1cccc(C(=O)Nc2cccc3c2CCNC3=O)c1. The number of carbonyl (C=O) groups excluding carboxylic acids is 2. The van der Waals surface area contributed by atoms with Gasteiger partial charge in [0.25, 0.3) is 11.8 Å². The van der Waals surface area contributed by atoms with E-state index in [1.165, 1.54) is 6.07 Å². The van der Waals surface area contributed by atoms with Crippen molar-refractivity contribution in [3.05, 3.63) is 64.7 Å². The molecular formula is C17H13N3O2. The molecule has 5 heteroatoms. The van der Waals surface area contributed by atoms with Crippen molar-refractivity contribution < 1.29 is 9.59 Å². The summed E-state index contributed by atoms with van der Waals surface area (Å²) in [7, 11) is 0. The van der Waals surface area contributed by atoms with Crippen molar-refractivity contribution in [2.75, 3.05) is 11.9 Å². The van der Waals surface area contributed by atoms with E-state index in [9.17, 15) is 9.59 Å². The number of hydrogen-bond acceptors (Lipinski definition) is 3. The van der Waals surface area contributed by atoms with Gasteiger partial charge in [0.05, 0.1) is 11.6 Å². The molecule has 0 spiro atoms. The summed E-state index contributed by atoms with van der Waals surface area (Å²) >= 11 is 0. The number of hydrogen-bond donors (Lipinski definition) is 2. The second kappa shape index (κ2) is 5.70. The number of fused-ring (bicyclic) bond motifs is 1. The Morgan fingerprint density at radius 2 is 2.05 bits per heavy atom. The molecule has 2 N–H and O–H groups in total. The van der Waals surface area contributed by atoms with Crippen molar-refractivity contribution in [1.82, 2.24) is 5.32 Å². The average molecular weight is 291 g/mol. The lowest BCUT2D eigenvalue weighted by molar-refractivity contribution is 0.0944. The van der Waals surface area contributed by atoms with Gasteiger partial charge in [-0.05, 0) is 42.3 Å². The number of benzene rings is 2. The van der Waals surface area contributed by atoms with E-state index in [0.29, 0.717) is 35.3 Å². The Labute approximate surface area is 127 Å². The van der Waals surface area contributed by atoms with Crippen LogP contribution >= 0.6 is 0 Å². The first kappa shape index (κ1) is 13.8. The maximum absolute atomic E-state index is 12.3. The van der Waals surface area contributed by atoms with Crippen LogP contribution in [0.3, 0.4) is 0 Å². The van der Waals surface area contributed by atoms with Gasteiger partial charge in [-0.1, -0.05) is 12.1 Å². The van der Waals surface area contributed by atoms with Gasteiger partial charge < -0.3 is 10.6 Å². The monoisotopic (exact) mass is 291 g/mol. The van der Waals surface area contributed by atoms with Crippen molar-refractivity contribution >= 4 is 17.5 Å². The Kier molecular flexibility index (Phi) is 3.58. The van der Waals surface area contributed by atoms with Crippen LogP contribution in [0, 0.1) is 11.3 Å². The molecule has 0 atom stereocenters. The van der Waals surface area contributed by atoms with Crippen LogP contribution in [0.25, 0.3) is 0 Å². The van der Waals surface area contributed by atoms with Gasteiger partial charge in [0.1, 0.15) is 0 Å². The van der Waals surface area contributed by atoms with Gasteiger partial charge in [0.2, 0.25) is 0 Å². The minimum atomic E-state index is -0.295. The first-order valence-electron chi connectivity index (χ1n) is 6.90. The molecule has 2 amide bonds. The molecule has 0 aromatic heterocycles. The molecule has 0 aliphatic carbocycles. The van der Waals surface area contributed by atoms with Crippen molar-refractivity contribution in [3.63, 3.8) is 0 Å². The van der Waals surface area contributed by atoms with Gasteiger partial charge in [-0.25, -0.2) is 0 Å². The van der Waals surface area contributed by atoms with Crippen molar-refractivity contribution in [2.24, 2.45) is 0 Å². The molecule has 0 saturated heterocycles. The highest BCUT2D eigenvalue weighted by Crippen LogP contribution is 2.23. The normalized spacial score (nSPS) is 12.8. The highest BCUT2D eigenvalue weighted by Gasteiger charge is 2.20. The molecule has 0 fully saturated rings. The zero-order valence-corrected chi connectivity index (χ0v) is 11.7. The highest BCUT2D eigenvalue weighted by molar-refractivity contribution is 6.06. The van der Waals surface area contributed by atoms with Crippen LogP contribution in [0.5, 0.6) is 0 Å². The predicted octanol–water partition coefficient (Wildman–Crippen LogP) is 2.10. The first-order chi connectivity index (χ1) is 10.7. The summed E-state index contributed by atoms with van der Waals surface area (Å²) in [6, 6.07) is 13.8. The zero-order valence-electron chi connectivity index (χ0n) is 11.7. The van der Waals surface area contributed by atoms with Crippen LogP contribution in [-0.4, -0.2) is 18.4 Å². The number of nitrogens with zero attached hydrogens (tertiary/aromatic N) is 1. The second-order valence-electron chi connectivity index (χ2n) is 4.98. The minimum Gasteiger partial charge on any atom is -0.352 e. The van der Waals surface area contributed by atoms with Crippen LogP contribution in [0.1, 0.15) is 31.8 Å². The van der Waals surface area contributed by atoms with Crippen LogP contribution < -0.4 is 10.6 Å². The summed E-state index contributed by atoms with van der Waals surface area (Å²) in [5.74, 6) is -0.416. The molecule has 0 radical (unpaired) electrons. The molecule has 0 bridgehead atoms. The first-order valence-corrected chi connectivity index (χ1v) is 6.90. The molecule has 108 valence electrons. The lowest BCUT2D eigenvalue weighted by Gasteiger charge is -2.19. The Bertz CT molecular complexity index is 806. The average Bonchev–Trinajstić information content (AvgIpc) is 2.56. The molecule has 1 heterocycles. The summed E-state index contributed by atoms with van der Waals surface area (Å²) in [6.45, 7) is 0.558. The van der Waals surface area contributed by atoms with E-state index in [0.717, 1.165) is 5.56 Å². The lowest BCUT2D eigenvalue weighted by Crippen LogP contribution is -2.32. The maximum atomic E-state index is 12.3. The van der Waals surface area contributed by atoms with Crippen molar-refractivity contribution in [2.45, 2.75) is 6.42 Å². The number of anilines is 1. The highest BCUT2D eigenvalue weighted by atomic mass is 16.2. The minimum absolute atomic E-state index is 0.121. The zero-order chi connectivity index (χ0) is 15.5. The molecule has 1 aliphatic heterocycles. The van der Waals surface area contributed by atoms with Crippen LogP contribution in [0.2, 0.25) is 0 Å². The third-order valence-electron chi connectivity index (χ3n) is 3.58. The predicted molar refractivity (Wildman–Crippen MR) is 81.6 cm³/mol. The Morgan fingerprint density at radius 1 is 1.23 bits per heavy atom. The number of rotatable bonds is 2. The van der Waals surface area contributed by atoms with Gasteiger partial charge in [0, 0.05) is 23.4 Å². The third kappa shape index (κ3) is 2.54. The smallest absolute Gasteiger partial charge is 0.255 e. The van der Waals surface area contributed by atoms with Gasteiger partial charge in [0.15, 0.2) is 0 Å². The Morgan fingerprint density at radius 3 is 2.86 bits per heavy atom. The standard InChI is InChI=1S/C17H13N3O2/c18-10-11-3-1-4-12(9-11)16(21)20-15-6-2-5-14-13(15)7-8-19-17(14)22/h1-6,9H,7-8H2,(H,19,22)(H,20,21). The number of carbonyl (C=O) groups is 2. The van der Waals surface area contributed by atoms with Crippen molar-refractivity contribution in [1.29, 1.82) is 5.26 Å². The maximum Gasteiger partial charge on any atom is 0.255 e. The largest absolute Gasteiger partial charge is 0.352 e. The summed E-state index contributed by atoms with van der Waals surface area (Å²) < 4.78 is 0. The van der Waals surface area contributed by atoms with Gasteiger partial charge in [-0.15, -0.1) is 0 Å². The Balaban J connectivity index is 1.90. The van der Waals surface area contributed by atoms with E-state index in [4.69, 9.17) is 5.26 Å². The molecule has 2 aromatic rings. The molecule has 0 saturated carbocycles. The van der Waals surface area contributed by atoms with Crippen LogP contribution in [0.4, 0.5) is 5.69 Å². The van der Waals surface area contributed by atoms with Gasteiger partial charge in [-0.3, -0.25) is 9.59 Å². The van der Waals surface area contributed by atoms with E-state index in [1.807, 2.05) is 6.07 Å². The third-order valence-corrected chi connectivity index (χ3v) is 3.58. The summed E-state index contributed by atoms with van der Waals surface area (Å²) in [5.41, 5.74) is 2.92. The number of nitriles is 1.